The number of hydrogen-bond acceptors (Lipinski definition) is 5. The topological polar surface area (TPSA) is 73.9 Å². The van der Waals surface area contributed by atoms with E-state index in [2.05, 4.69) is 20.3 Å². The molecule has 1 aliphatic heterocycles. The summed E-state index contributed by atoms with van der Waals surface area (Å²) < 4.78 is 0. The monoisotopic (exact) mass is 425 g/mol. The molecule has 2 N–H and O–H groups in total. The number of carbonyl (C=O) groups is 1. The van der Waals surface area contributed by atoms with E-state index in [1.165, 1.54) is 0 Å². The van der Waals surface area contributed by atoms with Crippen LogP contribution in [0.2, 0.25) is 0 Å². The maximum Gasteiger partial charge on any atom is 0.246 e. The predicted molar refractivity (Wildman–Crippen MR) is 112 cm³/mol. The maximum absolute atomic E-state index is 12.8. The molecule has 1 aromatic carbocycles. The van der Waals surface area contributed by atoms with Gasteiger partial charge in [-0.2, -0.15) is 0 Å². The molecule has 1 aliphatic rings. The minimum Gasteiger partial charge on any atom is -0.348 e. The van der Waals surface area contributed by atoms with E-state index in [-0.39, 0.29) is 36.8 Å². The summed E-state index contributed by atoms with van der Waals surface area (Å²) in [5.41, 5.74) is 3.86. The van der Waals surface area contributed by atoms with Gasteiger partial charge in [-0.25, -0.2) is 9.97 Å². The summed E-state index contributed by atoms with van der Waals surface area (Å²) in [7, 11) is 1.81. The Morgan fingerprint density at radius 1 is 1.30 bits per heavy atom. The lowest BCUT2D eigenvalue weighted by Crippen LogP contribution is -2.42. The van der Waals surface area contributed by atoms with Crippen LogP contribution in [-0.2, 0) is 17.8 Å². The summed E-state index contributed by atoms with van der Waals surface area (Å²) in [4.78, 5) is 26.6. The van der Waals surface area contributed by atoms with Crippen molar-refractivity contribution in [2.45, 2.75) is 19.0 Å². The molecule has 0 fully saturated rings. The number of fused-ring (bicyclic) bond motifs is 1. The second kappa shape index (κ2) is 9.32. The summed E-state index contributed by atoms with van der Waals surface area (Å²) in [6.07, 6.45) is 2.53. The Morgan fingerprint density at radius 3 is 2.85 bits per heavy atom. The third-order valence-corrected chi connectivity index (χ3v) is 5.28. The molecule has 2 aromatic heterocycles. The minimum absolute atomic E-state index is 0. The molecule has 1 amide bonds. The van der Waals surface area contributed by atoms with Gasteiger partial charge in [0.1, 0.15) is 11.0 Å². The van der Waals surface area contributed by atoms with Crippen molar-refractivity contribution in [2.75, 3.05) is 13.6 Å². The Bertz CT molecular complexity index is 883. The van der Waals surface area contributed by atoms with Crippen LogP contribution in [0.3, 0.4) is 0 Å². The molecule has 0 saturated carbocycles. The number of benzene rings is 1. The molecule has 3 aromatic rings. The van der Waals surface area contributed by atoms with Gasteiger partial charge < -0.3 is 15.2 Å². The van der Waals surface area contributed by atoms with E-state index in [1.54, 1.807) is 22.6 Å². The average molecular weight is 426 g/mol. The zero-order valence-corrected chi connectivity index (χ0v) is 17.2. The zero-order chi connectivity index (χ0) is 17.2. The van der Waals surface area contributed by atoms with Crippen LogP contribution >= 0.6 is 36.2 Å². The van der Waals surface area contributed by atoms with Crippen molar-refractivity contribution in [3.63, 3.8) is 0 Å². The van der Waals surface area contributed by atoms with Gasteiger partial charge >= 0.3 is 0 Å². The number of hydrogen-bond donors (Lipinski definition) is 2. The number of nitrogens with zero attached hydrogens (tertiary/aromatic N) is 3. The second-order valence-electron chi connectivity index (χ2n) is 6.11. The molecule has 27 heavy (non-hydrogen) atoms. The highest BCUT2D eigenvalue weighted by atomic mass is 35.5. The fraction of sp³-hybridized carbons (Fsp3) is 0.278. The molecule has 1 unspecified atom stereocenters. The zero-order valence-electron chi connectivity index (χ0n) is 14.7. The maximum atomic E-state index is 12.8. The number of aromatic amines is 1. The Kier molecular flexibility index (Phi) is 7.38. The Labute approximate surface area is 174 Å². The number of amides is 1. The molecular weight excluding hydrogens is 405 g/mol. The van der Waals surface area contributed by atoms with Gasteiger partial charge in [-0.05, 0) is 0 Å². The first-order chi connectivity index (χ1) is 12.2. The quantitative estimate of drug-likeness (QED) is 0.672. The Hall–Kier alpha value is -1.93. The lowest BCUT2D eigenvalue weighted by atomic mass is 10.0. The van der Waals surface area contributed by atoms with E-state index >= 15 is 0 Å². The van der Waals surface area contributed by atoms with Crippen LogP contribution in [0.5, 0.6) is 0 Å². The summed E-state index contributed by atoms with van der Waals surface area (Å²) >= 11 is 1.60. The number of nitrogens with one attached hydrogen (secondary N) is 2. The van der Waals surface area contributed by atoms with E-state index in [9.17, 15) is 4.79 Å². The number of rotatable bonds is 4. The molecule has 0 saturated heterocycles. The largest absolute Gasteiger partial charge is 0.348 e. The standard InChI is InChI=1S/C18H19N5OS.2ClH/c1-23(18(24)16-15-14(7-8-19-16)20-11-21-15)9-13-10-25-17(22-13)12-5-3-2-4-6-12;;/h2-6,10-11,16,19H,7-9H2,1H3,(H,20,21);2*1H. The summed E-state index contributed by atoms with van der Waals surface area (Å²) in [6.45, 7) is 1.26. The van der Waals surface area contributed by atoms with Crippen LogP contribution in [0.15, 0.2) is 42.0 Å². The van der Waals surface area contributed by atoms with Gasteiger partial charge in [0.25, 0.3) is 0 Å². The summed E-state index contributed by atoms with van der Waals surface area (Å²) in [5.74, 6) is 0.0160. The van der Waals surface area contributed by atoms with Gasteiger partial charge in [-0.1, -0.05) is 30.3 Å². The van der Waals surface area contributed by atoms with Crippen LogP contribution in [0.25, 0.3) is 10.6 Å². The molecule has 0 radical (unpaired) electrons. The van der Waals surface area contributed by atoms with Gasteiger partial charge in [-0.3, -0.25) is 4.79 Å². The third-order valence-electron chi connectivity index (χ3n) is 4.34. The van der Waals surface area contributed by atoms with Gasteiger partial charge in [-0.15, -0.1) is 36.2 Å². The van der Waals surface area contributed by atoms with E-state index in [4.69, 9.17) is 0 Å². The molecule has 144 valence electrons. The van der Waals surface area contributed by atoms with Crippen molar-refractivity contribution < 1.29 is 4.79 Å². The first kappa shape index (κ1) is 21.4. The predicted octanol–water partition coefficient (Wildman–Crippen LogP) is 3.22. The van der Waals surface area contributed by atoms with Crippen LogP contribution in [0.1, 0.15) is 23.1 Å². The lowest BCUT2D eigenvalue weighted by molar-refractivity contribution is -0.133. The Morgan fingerprint density at radius 2 is 2.07 bits per heavy atom. The van der Waals surface area contributed by atoms with Crippen molar-refractivity contribution in [1.82, 2.24) is 25.2 Å². The van der Waals surface area contributed by atoms with Crippen molar-refractivity contribution >= 4 is 42.1 Å². The van der Waals surface area contributed by atoms with Crippen LogP contribution in [-0.4, -0.2) is 39.4 Å². The van der Waals surface area contributed by atoms with Crippen LogP contribution in [0.4, 0.5) is 0 Å². The number of H-pyrrole nitrogens is 1. The molecule has 0 spiro atoms. The second-order valence-corrected chi connectivity index (χ2v) is 6.97. The third kappa shape index (κ3) is 4.50. The molecule has 0 bridgehead atoms. The van der Waals surface area contributed by atoms with Crippen molar-refractivity contribution in [3.8, 4) is 10.6 Å². The van der Waals surface area contributed by atoms with Gasteiger partial charge in [0.15, 0.2) is 0 Å². The van der Waals surface area contributed by atoms with Crippen LogP contribution < -0.4 is 5.32 Å². The molecule has 4 rings (SSSR count). The van der Waals surface area contributed by atoms with E-state index in [0.29, 0.717) is 6.54 Å². The number of thiazole rings is 1. The summed E-state index contributed by atoms with van der Waals surface area (Å²) in [6, 6.07) is 9.70. The number of likely N-dealkylation sites (N-methyl/N-ethyl adjacent to an activating group) is 1. The van der Waals surface area contributed by atoms with Gasteiger partial charge in [0.05, 0.1) is 24.3 Å². The SMILES string of the molecule is CN(Cc1csc(-c2ccccc2)n1)C(=O)C1NCCc2[nH]cnc21.Cl.Cl. The minimum atomic E-state index is -0.382. The number of aromatic nitrogens is 3. The number of halogens is 2. The Balaban J connectivity index is 0.00000131. The lowest BCUT2D eigenvalue weighted by Gasteiger charge is -2.26. The van der Waals surface area contributed by atoms with Crippen LogP contribution in [0, 0.1) is 0 Å². The van der Waals surface area contributed by atoms with Crippen molar-refractivity contribution in [1.29, 1.82) is 0 Å². The smallest absolute Gasteiger partial charge is 0.246 e. The fourth-order valence-electron chi connectivity index (χ4n) is 3.06. The number of imidazole rings is 1. The average Bonchev–Trinajstić information content (AvgIpc) is 3.30. The van der Waals surface area contributed by atoms with E-state index in [0.717, 1.165) is 40.6 Å². The highest BCUT2D eigenvalue weighted by Gasteiger charge is 2.30. The molecule has 9 heteroatoms. The van der Waals surface area contributed by atoms with E-state index in [1.807, 2.05) is 42.8 Å². The normalized spacial score (nSPS) is 15.2. The summed E-state index contributed by atoms with van der Waals surface area (Å²) in [5, 5.41) is 6.26. The fourth-order valence-corrected chi connectivity index (χ4v) is 3.87. The first-order valence-electron chi connectivity index (χ1n) is 8.22. The van der Waals surface area contributed by atoms with Crippen molar-refractivity contribution in [2.24, 2.45) is 0 Å². The first-order valence-corrected chi connectivity index (χ1v) is 9.10. The van der Waals surface area contributed by atoms with Gasteiger partial charge in [0, 0.05) is 36.7 Å². The number of carbonyl (C=O) groups excluding carboxylic acids is 1. The molecular formula is C18H21Cl2N5OS. The van der Waals surface area contributed by atoms with E-state index < -0.39 is 0 Å². The highest BCUT2D eigenvalue weighted by Crippen LogP contribution is 2.25. The molecule has 6 nitrogen and oxygen atoms in total. The van der Waals surface area contributed by atoms with Gasteiger partial charge in [0.2, 0.25) is 5.91 Å². The van der Waals surface area contributed by atoms with Crippen molar-refractivity contribution in [3.05, 3.63) is 59.1 Å². The molecule has 0 aliphatic carbocycles. The highest BCUT2D eigenvalue weighted by molar-refractivity contribution is 7.13. The molecule has 1 atom stereocenters. The molecule has 3 heterocycles.